The number of hydrogen-bond donors (Lipinski definition) is 1. The SMILES string of the molecule is COc1cccc(COc2cc(F)c(Cl)cc2N)c1. The number of anilines is 1. The number of benzene rings is 2. The van der Waals surface area contributed by atoms with Crippen LogP contribution < -0.4 is 15.2 Å². The van der Waals surface area contributed by atoms with Gasteiger partial charge in [0.15, 0.2) is 0 Å². The highest BCUT2D eigenvalue weighted by Gasteiger charge is 2.07. The third-order valence-electron chi connectivity index (χ3n) is 2.58. The summed E-state index contributed by atoms with van der Waals surface area (Å²) in [5.74, 6) is 0.442. The maximum atomic E-state index is 13.3. The van der Waals surface area contributed by atoms with Crippen LogP contribution in [0.25, 0.3) is 0 Å². The molecule has 0 heterocycles. The Morgan fingerprint density at radius 2 is 2.05 bits per heavy atom. The van der Waals surface area contributed by atoms with Gasteiger partial charge >= 0.3 is 0 Å². The van der Waals surface area contributed by atoms with Gasteiger partial charge in [-0.05, 0) is 23.8 Å². The number of hydrogen-bond acceptors (Lipinski definition) is 3. The minimum absolute atomic E-state index is 0.0220. The van der Waals surface area contributed by atoms with E-state index in [1.165, 1.54) is 12.1 Å². The van der Waals surface area contributed by atoms with Crippen molar-refractivity contribution >= 4 is 17.3 Å². The molecule has 2 N–H and O–H groups in total. The third kappa shape index (κ3) is 3.29. The molecule has 2 aromatic rings. The van der Waals surface area contributed by atoms with E-state index in [4.69, 9.17) is 26.8 Å². The zero-order valence-corrected chi connectivity index (χ0v) is 11.1. The van der Waals surface area contributed by atoms with E-state index in [0.717, 1.165) is 11.3 Å². The van der Waals surface area contributed by atoms with Gasteiger partial charge in [-0.2, -0.15) is 0 Å². The van der Waals surface area contributed by atoms with E-state index in [1.54, 1.807) is 7.11 Å². The molecule has 0 aliphatic carbocycles. The summed E-state index contributed by atoms with van der Waals surface area (Å²) in [5.41, 5.74) is 6.91. The van der Waals surface area contributed by atoms with E-state index in [-0.39, 0.29) is 17.4 Å². The van der Waals surface area contributed by atoms with Crippen LogP contribution in [0.4, 0.5) is 10.1 Å². The molecule has 0 fully saturated rings. The molecule has 0 amide bonds. The fourth-order valence-electron chi connectivity index (χ4n) is 1.59. The first-order chi connectivity index (χ1) is 9.10. The number of halogens is 2. The minimum Gasteiger partial charge on any atom is -0.497 e. The van der Waals surface area contributed by atoms with Crippen molar-refractivity contribution in [2.75, 3.05) is 12.8 Å². The molecule has 0 aromatic heterocycles. The predicted octanol–water partition coefficient (Wildman–Crippen LogP) is 3.65. The summed E-state index contributed by atoms with van der Waals surface area (Å²) in [6, 6.07) is 9.91. The second-order valence-corrected chi connectivity index (χ2v) is 4.35. The molecule has 0 bridgehead atoms. The van der Waals surface area contributed by atoms with E-state index in [9.17, 15) is 4.39 Å². The van der Waals surface area contributed by atoms with E-state index >= 15 is 0 Å². The van der Waals surface area contributed by atoms with Crippen molar-refractivity contribution in [3.8, 4) is 11.5 Å². The smallest absolute Gasteiger partial charge is 0.145 e. The van der Waals surface area contributed by atoms with Crippen molar-refractivity contribution in [1.82, 2.24) is 0 Å². The molecule has 0 saturated carbocycles. The summed E-state index contributed by atoms with van der Waals surface area (Å²) in [5, 5.41) is -0.0220. The largest absolute Gasteiger partial charge is 0.497 e. The van der Waals surface area contributed by atoms with Gasteiger partial charge in [0.1, 0.15) is 23.9 Å². The predicted molar refractivity (Wildman–Crippen MR) is 73.1 cm³/mol. The van der Waals surface area contributed by atoms with Crippen LogP contribution in [0.15, 0.2) is 36.4 Å². The maximum Gasteiger partial charge on any atom is 0.145 e. The number of rotatable bonds is 4. The summed E-state index contributed by atoms with van der Waals surface area (Å²) in [4.78, 5) is 0. The molecule has 0 atom stereocenters. The van der Waals surface area contributed by atoms with Gasteiger partial charge in [-0.25, -0.2) is 4.39 Å². The minimum atomic E-state index is -0.559. The lowest BCUT2D eigenvalue weighted by Gasteiger charge is -2.10. The molecular weight excluding hydrogens is 269 g/mol. The molecule has 0 unspecified atom stereocenters. The first kappa shape index (κ1) is 13.5. The van der Waals surface area contributed by atoms with Gasteiger partial charge in [-0.1, -0.05) is 23.7 Å². The summed E-state index contributed by atoms with van der Waals surface area (Å²) < 4.78 is 23.9. The molecule has 19 heavy (non-hydrogen) atoms. The molecule has 0 saturated heterocycles. The quantitative estimate of drug-likeness (QED) is 0.870. The average Bonchev–Trinajstić information content (AvgIpc) is 2.41. The Kier molecular flexibility index (Phi) is 4.12. The monoisotopic (exact) mass is 281 g/mol. The van der Waals surface area contributed by atoms with Gasteiger partial charge < -0.3 is 15.2 Å². The van der Waals surface area contributed by atoms with Crippen molar-refractivity contribution in [2.24, 2.45) is 0 Å². The normalized spacial score (nSPS) is 10.3. The summed E-state index contributed by atoms with van der Waals surface area (Å²) in [6.45, 7) is 0.266. The van der Waals surface area contributed by atoms with Crippen molar-refractivity contribution in [2.45, 2.75) is 6.61 Å². The van der Waals surface area contributed by atoms with Gasteiger partial charge in [0, 0.05) is 6.07 Å². The Morgan fingerprint density at radius 3 is 2.79 bits per heavy atom. The van der Waals surface area contributed by atoms with Crippen LogP contribution in [0.2, 0.25) is 5.02 Å². The van der Waals surface area contributed by atoms with Gasteiger partial charge in [-0.15, -0.1) is 0 Å². The Hall–Kier alpha value is -1.94. The van der Waals surface area contributed by atoms with Crippen molar-refractivity contribution in [1.29, 1.82) is 0 Å². The molecule has 2 aromatic carbocycles. The highest BCUT2D eigenvalue weighted by atomic mass is 35.5. The number of nitrogen functional groups attached to an aromatic ring is 1. The molecule has 0 spiro atoms. The van der Waals surface area contributed by atoms with E-state index in [2.05, 4.69) is 0 Å². The zero-order valence-electron chi connectivity index (χ0n) is 10.3. The van der Waals surface area contributed by atoms with E-state index in [0.29, 0.717) is 5.69 Å². The molecule has 0 radical (unpaired) electrons. The van der Waals surface area contributed by atoms with Gasteiger partial charge in [0.25, 0.3) is 0 Å². The molecule has 100 valence electrons. The summed E-state index contributed by atoms with van der Waals surface area (Å²) in [6.07, 6.45) is 0. The second kappa shape index (κ2) is 5.80. The highest BCUT2D eigenvalue weighted by Crippen LogP contribution is 2.28. The van der Waals surface area contributed by atoms with Crippen molar-refractivity contribution < 1.29 is 13.9 Å². The lowest BCUT2D eigenvalue weighted by Crippen LogP contribution is -2.00. The maximum absolute atomic E-state index is 13.3. The highest BCUT2D eigenvalue weighted by molar-refractivity contribution is 6.31. The van der Waals surface area contributed by atoms with E-state index in [1.807, 2.05) is 24.3 Å². The number of nitrogens with two attached hydrogens (primary N) is 1. The first-order valence-electron chi connectivity index (χ1n) is 5.60. The first-order valence-corrected chi connectivity index (χ1v) is 5.98. The Balaban J connectivity index is 2.12. The molecule has 0 aliphatic heterocycles. The lowest BCUT2D eigenvalue weighted by atomic mass is 10.2. The summed E-state index contributed by atoms with van der Waals surface area (Å²) >= 11 is 5.62. The second-order valence-electron chi connectivity index (χ2n) is 3.94. The van der Waals surface area contributed by atoms with Crippen LogP contribution in [0.1, 0.15) is 5.56 Å². The number of ether oxygens (including phenoxy) is 2. The fraction of sp³-hybridized carbons (Fsp3) is 0.143. The van der Waals surface area contributed by atoms with Gasteiger partial charge in [0.05, 0.1) is 17.8 Å². The summed E-state index contributed by atoms with van der Waals surface area (Å²) in [7, 11) is 1.59. The van der Waals surface area contributed by atoms with Crippen LogP contribution in [-0.4, -0.2) is 7.11 Å². The van der Waals surface area contributed by atoms with Crippen LogP contribution >= 0.6 is 11.6 Å². The van der Waals surface area contributed by atoms with Crippen molar-refractivity contribution in [3.63, 3.8) is 0 Å². The van der Waals surface area contributed by atoms with Crippen molar-refractivity contribution in [3.05, 3.63) is 52.8 Å². The topological polar surface area (TPSA) is 44.5 Å². The molecule has 2 rings (SSSR count). The molecular formula is C14H13ClFNO2. The molecule has 0 aliphatic rings. The zero-order chi connectivity index (χ0) is 13.8. The third-order valence-corrected chi connectivity index (χ3v) is 2.87. The average molecular weight is 282 g/mol. The van der Waals surface area contributed by atoms with Crippen LogP contribution in [0.5, 0.6) is 11.5 Å². The lowest BCUT2D eigenvalue weighted by molar-refractivity contribution is 0.305. The fourth-order valence-corrected chi connectivity index (χ4v) is 1.76. The number of methoxy groups -OCH3 is 1. The van der Waals surface area contributed by atoms with Crippen LogP contribution in [-0.2, 0) is 6.61 Å². The van der Waals surface area contributed by atoms with Gasteiger partial charge in [-0.3, -0.25) is 0 Å². The van der Waals surface area contributed by atoms with Gasteiger partial charge in [0.2, 0.25) is 0 Å². The van der Waals surface area contributed by atoms with E-state index < -0.39 is 5.82 Å². The van der Waals surface area contributed by atoms with Crippen LogP contribution in [0, 0.1) is 5.82 Å². The Bertz CT molecular complexity index is 590. The van der Waals surface area contributed by atoms with Crippen LogP contribution in [0.3, 0.4) is 0 Å². The Morgan fingerprint density at radius 1 is 1.26 bits per heavy atom. The Labute approximate surface area is 115 Å². The molecule has 3 nitrogen and oxygen atoms in total. The molecule has 5 heteroatoms. The standard InChI is InChI=1S/C14H13ClFNO2/c1-18-10-4-2-3-9(5-10)8-19-14-7-12(16)11(15)6-13(14)17/h2-7H,8,17H2,1H3.